The van der Waals surface area contributed by atoms with Gasteiger partial charge in [-0.15, -0.1) is 0 Å². The number of nitrogens with one attached hydrogen (secondary N) is 1. The fraction of sp³-hybridized carbons (Fsp3) is 0.588. The highest BCUT2D eigenvalue weighted by Crippen LogP contribution is 2.34. The molecule has 2 atom stereocenters. The van der Waals surface area contributed by atoms with Crippen LogP contribution in [0.3, 0.4) is 0 Å². The maximum absolute atomic E-state index is 12.8. The zero-order valence-corrected chi connectivity index (χ0v) is 15.5. The smallest absolute Gasteiger partial charge is 0.318 e. The number of amides is 2. The van der Waals surface area contributed by atoms with Gasteiger partial charge in [-0.25, -0.2) is 13.2 Å². The first-order valence-corrected chi connectivity index (χ1v) is 10.9. The third-order valence-electron chi connectivity index (χ3n) is 5.36. The standard InChI is InChI=1S/C17H22ClN3O3S/c18-13-3-1-2-4-14(13)19-17(22)21-8-7-20(9-12-5-6-12)15-10-25(23,24)11-16(15)21/h1-4,12,15-16H,5-11H2,(H,19,22)/t15-,16+/m1/s1. The average Bonchev–Trinajstić information content (AvgIpc) is 3.30. The number of para-hydroxylation sites is 1. The largest absolute Gasteiger partial charge is 0.322 e. The molecule has 6 nitrogen and oxygen atoms in total. The molecule has 8 heteroatoms. The van der Waals surface area contributed by atoms with E-state index in [0.29, 0.717) is 23.2 Å². The maximum Gasteiger partial charge on any atom is 0.322 e. The predicted molar refractivity (Wildman–Crippen MR) is 97.7 cm³/mol. The SMILES string of the molecule is O=C(Nc1ccccc1Cl)N1CCN(CC2CC2)[C@@H]2CS(=O)(=O)C[C@@H]21. The first-order chi connectivity index (χ1) is 11.9. The number of rotatable bonds is 3. The molecule has 0 bridgehead atoms. The van der Waals surface area contributed by atoms with Crippen LogP contribution in [0.1, 0.15) is 12.8 Å². The van der Waals surface area contributed by atoms with E-state index in [9.17, 15) is 13.2 Å². The Kier molecular flexibility index (Phi) is 4.42. The van der Waals surface area contributed by atoms with Crippen LogP contribution in [0.2, 0.25) is 5.02 Å². The molecular weight excluding hydrogens is 362 g/mol. The Morgan fingerprint density at radius 2 is 1.88 bits per heavy atom. The molecule has 2 aliphatic heterocycles. The highest BCUT2D eigenvalue weighted by molar-refractivity contribution is 7.91. The van der Waals surface area contributed by atoms with Crippen molar-refractivity contribution in [2.45, 2.75) is 24.9 Å². The van der Waals surface area contributed by atoms with Gasteiger partial charge in [-0.1, -0.05) is 23.7 Å². The second-order valence-electron chi connectivity index (χ2n) is 7.25. The second kappa shape index (κ2) is 6.45. The van der Waals surface area contributed by atoms with Crippen molar-refractivity contribution in [3.8, 4) is 0 Å². The van der Waals surface area contributed by atoms with Gasteiger partial charge in [-0.3, -0.25) is 4.90 Å². The van der Waals surface area contributed by atoms with Crippen LogP contribution < -0.4 is 5.32 Å². The minimum Gasteiger partial charge on any atom is -0.318 e. The first-order valence-electron chi connectivity index (χ1n) is 8.69. The zero-order chi connectivity index (χ0) is 17.6. The summed E-state index contributed by atoms with van der Waals surface area (Å²) in [6, 6.07) is 6.43. The number of piperazine rings is 1. The molecule has 2 amide bonds. The van der Waals surface area contributed by atoms with Gasteiger partial charge in [-0.2, -0.15) is 0 Å². The molecule has 4 rings (SSSR count). The summed E-state index contributed by atoms with van der Waals surface area (Å²) in [6.07, 6.45) is 2.47. The van der Waals surface area contributed by atoms with Crippen molar-refractivity contribution in [1.82, 2.24) is 9.80 Å². The lowest BCUT2D eigenvalue weighted by Crippen LogP contribution is -2.61. The minimum absolute atomic E-state index is 0.0504. The number of hydrogen-bond acceptors (Lipinski definition) is 4. The van der Waals surface area contributed by atoms with Crippen molar-refractivity contribution < 1.29 is 13.2 Å². The average molecular weight is 384 g/mol. The number of hydrogen-bond donors (Lipinski definition) is 1. The van der Waals surface area contributed by atoms with Gasteiger partial charge in [0.2, 0.25) is 0 Å². The molecule has 2 heterocycles. The Morgan fingerprint density at radius 1 is 1.16 bits per heavy atom. The molecule has 1 aliphatic carbocycles. The quantitative estimate of drug-likeness (QED) is 0.867. The van der Waals surface area contributed by atoms with E-state index in [1.54, 1.807) is 29.2 Å². The van der Waals surface area contributed by atoms with Gasteiger partial charge in [-0.05, 0) is 30.9 Å². The number of nitrogens with zero attached hydrogens (tertiary/aromatic N) is 2. The van der Waals surface area contributed by atoms with Crippen molar-refractivity contribution in [3.05, 3.63) is 29.3 Å². The summed E-state index contributed by atoms with van der Waals surface area (Å²) in [6.45, 7) is 2.22. The lowest BCUT2D eigenvalue weighted by atomic mass is 10.0. The number of anilines is 1. The van der Waals surface area contributed by atoms with E-state index in [4.69, 9.17) is 11.6 Å². The maximum atomic E-state index is 12.8. The highest BCUT2D eigenvalue weighted by Gasteiger charge is 2.48. The van der Waals surface area contributed by atoms with Gasteiger partial charge in [0.05, 0.1) is 28.3 Å². The monoisotopic (exact) mass is 383 g/mol. The molecule has 0 radical (unpaired) electrons. The molecule has 1 aromatic rings. The van der Waals surface area contributed by atoms with Crippen molar-refractivity contribution in [1.29, 1.82) is 0 Å². The molecule has 0 aromatic heterocycles. The molecular formula is C17H22ClN3O3S. The van der Waals surface area contributed by atoms with E-state index >= 15 is 0 Å². The number of urea groups is 1. The normalized spacial score (nSPS) is 28.6. The summed E-state index contributed by atoms with van der Waals surface area (Å²) in [4.78, 5) is 16.7. The molecule has 3 fully saturated rings. The van der Waals surface area contributed by atoms with E-state index in [0.717, 1.165) is 13.1 Å². The highest BCUT2D eigenvalue weighted by atomic mass is 35.5. The molecule has 1 saturated carbocycles. The molecule has 2 saturated heterocycles. The summed E-state index contributed by atoms with van der Waals surface area (Å²) in [5.41, 5.74) is 0.548. The van der Waals surface area contributed by atoms with Crippen molar-refractivity contribution in [2.24, 2.45) is 5.92 Å². The van der Waals surface area contributed by atoms with E-state index in [1.165, 1.54) is 12.8 Å². The number of halogens is 1. The van der Waals surface area contributed by atoms with Crippen LogP contribution in [0.4, 0.5) is 10.5 Å². The lowest BCUT2D eigenvalue weighted by Gasteiger charge is -2.43. The van der Waals surface area contributed by atoms with Gasteiger partial charge in [0.1, 0.15) is 0 Å². The number of carbonyl (C=O) groups excluding carboxylic acids is 1. The number of carbonyl (C=O) groups is 1. The molecule has 136 valence electrons. The third kappa shape index (κ3) is 3.64. The van der Waals surface area contributed by atoms with Crippen molar-refractivity contribution in [2.75, 3.05) is 36.5 Å². The summed E-state index contributed by atoms with van der Waals surface area (Å²) in [7, 11) is -3.11. The Labute approximate surface area is 153 Å². The molecule has 25 heavy (non-hydrogen) atoms. The van der Waals surface area contributed by atoms with Gasteiger partial charge < -0.3 is 10.2 Å². The lowest BCUT2D eigenvalue weighted by molar-refractivity contribution is 0.0672. The van der Waals surface area contributed by atoms with E-state index in [-0.39, 0.29) is 29.6 Å². The Hall–Kier alpha value is -1.31. The van der Waals surface area contributed by atoms with Crippen LogP contribution in [0, 0.1) is 5.92 Å². The second-order valence-corrected chi connectivity index (χ2v) is 9.81. The van der Waals surface area contributed by atoms with E-state index < -0.39 is 9.84 Å². The number of sulfone groups is 1. The molecule has 0 unspecified atom stereocenters. The third-order valence-corrected chi connectivity index (χ3v) is 7.39. The molecule has 0 spiro atoms. The topological polar surface area (TPSA) is 69.7 Å². The van der Waals surface area contributed by atoms with Crippen LogP contribution in [0.5, 0.6) is 0 Å². The van der Waals surface area contributed by atoms with Crippen LogP contribution in [-0.4, -0.2) is 67.5 Å². The van der Waals surface area contributed by atoms with Crippen molar-refractivity contribution in [3.63, 3.8) is 0 Å². The Bertz CT molecular complexity index is 781. The van der Waals surface area contributed by atoms with Gasteiger partial charge in [0.15, 0.2) is 9.84 Å². The van der Waals surface area contributed by atoms with Crippen LogP contribution >= 0.6 is 11.6 Å². The summed E-state index contributed by atoms with van der Waals surface area (Å²) < 4.78 is 24.4. The number of benzene rings is 1. The minimum atomic E-state index is -3.11. The van der Waals surface area contributed by atoms with E-state index in [2.05, 4.69) is 10.2 Å². The van der Waals surface area contributed by atoms with Crippen LogP contribution in [0.15, 0.2) is 24.3 Å². The van der Waals surface area contributed by atoms with Crippen LogP contribution in [0.25, 0.3) is 0 Å². The summed E-state index contributed by atoms with van der Waals surface area (Å²) in [5.74, 6) is 0.905. The fourth-order valence-electron chi connectivity index (χ4n) is 3.89. The predicted octanol–water partition coefficient (Wildman–Crippen LogP) is 2.07. The van der Waals surface area contributed by atoms with Crippen molar-refractivity contribution >= 4 is 33.2 Å². The Balaban J connectivity index is 1.52. The van der Waals surface area contributed by atoms with Crippen LogP contribution in [-0.2, 0) is 9.84 Å². The first kappa shape index (κ1) is 17.1. The van der Waals surface area contributed by atoms with Gasteiger partial charge >= 0.3 is 6.03 Å². The Morgan fingerprint density at radius 3 is 2.60 bits per heavy atom. The fourth-order valence-corrected chi connectivity index (χ4v) is 6.08. The zero-order valence-electron chi connectivity index (χ0n) is 13.9. The molecule has 1 N–H and O–H groups in total. The number of fused-ring (bicyclic) bond motifs is 1. The van der Waals surface area contributed by atoms with E-state index in [1.807, 2.05) is 0 Å². The molecule has 1 aromatic carbocycles. The summed E-state index contributed by atoms with van der Waals surface area (Å²) >= 11 is 6.11. The van der Waals surface area contributed by atoms with Gasteiger partial charge in [0, 0.05) is 25.7 Å². The summed E-state index contributed by atoms with van der Waals surface area (Å²) in [5, 5.41) is 3.30. The van der Waals surface area contributed by atoms with Gasteiger partial charge in [0.25, 0.3) is 0 Å². The molecule has 3 aliphatic rings.